The van der Waals surface area contributed by atoms with Gasteiger partial charge in [0.05, 0.1) is 7.11 Å². The molecular formula is C53H56N8O3. The van der Waals surface area contributed by atoms with Crippen LogP contribution in [0.1, 0.15) is 50.2 Å². The number of carbonyl (C=O) groups is 1. The third kappa shape index (κ3) is 7.43. The minimum absolute atomic E-state index is 0.0409. The Labute approximate surface area is 375 Å². The molecule has 0 amide bonds. The molecule has 0 aromatic heterocycles. The van der Waals surface area contributed by atoms with Crippen LogP contribution in [0.25, 0.3) is 0 Å². The summed E-state index contributed by atoms with van der Waals surface area (Å²) in [6, 6.07) is 16.5. The first-order valence-corrected chi connectivity index (χ1v) is 23.1. The highest BCUT2D eigenvalue weighted by molar-refractivity contribution is 6.12. The van der Waals surface area contributed by atoms with Gasteiger partial charge in [-0.25, -0.2) is 9.98 Å². The highest BCUT2D eigenvalue weighted by Gasteiger charge is 2.48. The van der Waals surface area contributed by atoms with Gasteiger partial charge in [0.15, 0.2) is 0 Å². The van der Waals surface area contributed by atoms with Gasteiger partial charge in [-0.1, -0.05) is 141 Å². The second kappa shape index (κ2) is 17.0. The van der Waals surface area contributed by atoms with Crippen molar-refractivity contribution in [1.29, 1.82) is 0 Å². The molecule has 326 valence electrons. The average molecular weight is 853 g/mol. The second-order valence-electron chi connectivity index (χ2n) is 18.4. The summed E-state index contributed by atoms with van der Waals surface area (Å²) in [5, 5.41) is 14.9. The summed E-state index contributed by atoms with van der Waals surface area (Å²) < 4.78 is 10.5. The number of hydrogen-bond acceptors (Lipinski definition) is 11. The third-order valence-electron chi connectivity index (χ3n) is 14.8. The number of nitrogens with one attached hydrogen (secondary N) is 4. The Morgan fingerprint density at radius 3 is 1.41 bits per heavy atom. The molecule has 5 aliphatic carbocycles. The molecule has 5 fully saturated rings. The van der Waals surface area contributed by atoms with E-state index in [1.54, 1.807) is 7.11 Å². The number of rotatable bonds is 4. The zero-order valence-corrected chi connectivity index (χ0v) is 36.3. The Morgan fingerprint density at radius 1 is 0.516 bits per heavy atom. The van der Waals surface area contributed by atoms with E-state index in [-0.39, 0.29) is 83.4 Å². The number of allylic oxidation sites excluding steroid dienone is 8. The first-order chi connectivity index (χ1) is 31.4. The van der Waals surface area contributed by atoms with E-state index >= 15 is 0 Å². The van der Waals surface area contributed by atoms with Crippen LogP contribution in [0.15, 0.2) is 166 Å². The van der Waals surface area contributed by atoms with Crippen molar-refractivity contribution in [1.82, 2.24) is 21.3 Å². The number of hydrogen-bond donors (Lipinski definition) is 4. The Morgan fingerprint density at radius 2 is 0.938 bits per heavy atom. The second-order valence-corrected chi connectivity index (χ2v) is 18.4. The van der Waals surface area contributed by atoms with E-state index in [0.717, 1.165) is 41.9 Å². The van der Waals surface area contributed by atoms with E-state index in [1.165, 1.54) is 37.3 Å². The van der Waals surface area contributed by atoms with Gasteiger partial charge in [-0.2, -0.15) is 0 Å². The maximum atomic E-state index is 11.1. The number of carbonyl (C=O) groups excluding carboxylic acids is 1. The number of methoxy groups -OCH3 is 1. The van der Waals surface area contributed by atoms with Gasteiger partial charge in [0.25, 0.3) is 0 Å². The number of esters is 1. The minimum atomic E-state index is -0.287. The molecule has 11 nitrogen and oxygen atoms in total. The van der Waals surface area contributed by atoms with Crippen LogP contribution in [0.5, 0.6) is 11.5 Å². The van der Waals surface area contributed by atoms with Crippen LogP contribution in [0.2, 0.25) is 0 Å². The molecule has 2 aromatic rings. The predicted octanol–water partition coefficient (Wildman–Crippen LogP) is 7.62. The Balaban J connectivity index is 0.000000163. The summed E-state index contributed by atoms with van der Waals surface area (Å²) in [5.41, 5.74) is 2.67. The van der Waals surface area contributed by atoms with E-state index in [1.807, 2.05) is 24.3 Å². The van der Waals surface area contributed by atoms with Crippen LogP contribution in [0.3, 0.4) is 0 Å². The number of nitrogens with zero attached hydrogens (tertiary/aromatic N) is 4. The van der Waals surface area contributed by atoms with Gasteiger partial charge >= 0.3 is 5.97 Å². The van der Waals surface area contributed by atoms with Gasteiger partial charge in [0.2, 0.25) is 0 Å². The van der Waals surface area contributed by atoms with Crippen molar-refractivity contribution in [2.75, 3.05) is 7.11 Å². The number of ether oxygens (including phenoxy) is 2. The van der Waals surface area contributed by atoms with Crippen LogP contribution in [0, 0.1) is 47.3 Å². The average Bonchev–Trinajstić information content (AvgIpc) is 4.08. The molecule has 4 N–H and O–H groups in total. The van der Waals surface area contributed by atoms with E-state index in [2.05, 4.69) is 143 Å². The number of fused-ring (bicyclic) bond motifs is 20. The molecular weight excluding hydrogens is 797 g/mol. The summed E-state index contributed by atoms with van der Waals surface area (Å²) in [6.07, 6.45) is 40.9. The van der Waals surface area contributed by atoms with E-state index < -0.39 is 0 Å². The van der Waals surface area contributed by atoms with Crippen LogP contribution >= 0.6 is 0 Å². The summed E-state index contributed by atoms with van der Waals surface area (Å²) >= 11 is 0. The minimum Gasteiger partial charge on any atom is -0.497 e. The smallest absolute Gasteiger partial charge is 0.308 e. The Bertz CT molecular complexity index is 2410. The fourth-order valence-electron chi connectivity index (χ4n) is 11.6. The van der Waals surface area contributed by atoms with Crippen LogP contribution in [0.4, 0.5) is 0 Å². The summed E-state index contributed by atoms with van der Waals surface area (Å²) in [5.74, 6) is 6.69. The predicted molar refractivity (Wildman–Crippen MR) is 253 cm³/mol. The van der Waals surface area contributed by atoms with Crippen molar-refractivity contribution in [2.45, 2.75) is 69.1 Å². The fourth-order valence-corrected chi connectivity index (χ4v) is 11.6. The lowest BCUT2D eigenvalue weighted by molar-refractivity contribution is -0.131. The molecule has 8 bridgehead atoms. The molecule has 12 rings (SSSR count). The highest BCUT2D eigenvalue weighted by atomic mass is 16.5. The third-order valence-corrected chi connectivity index (χ3v) is 14.8. The van der Waals surface area contributed by atoms with Gasteiger partial charge in [0, 0.05) is 59.7 Å². The maximum absolute atomic E-state index is 11.1. The van der Waals surface area contributed by atoms with Crippen molar-refractivity contribution in [3.63, 3.8) is 0 Å². The largest absolute Gasteiger partial charge is 0.497 e. The lowest BCUT2D eigenvalue weighted by atomic mass is 9.65. The lowest BCUT2D eigenvalue weighted by Gasteiger charge is -2.38. The molecule has 5 heterocycles. The van der Waals surface area contributed by atoms with Crippen molar-refractivity contribution >= 4 is 29.3 Å². The number of amidine groups is 4. The topological polar surface area (TPSA) is 133 Å². The molecule has 12 unspecified atom stereocenters. The number of benzene rings is 2. The lowest BCUT2D eigenvalue weighted by Crippen LogP contribution is -2.37. The summed E-state index contributed by atoms with van der Waals surface area (Å²) in [4.78, 5) is 32.5. The first kappa shape index (κ1) is 40.4. The normalized spacial score (nSPS) is 34.8. The molecule has 0 spiro atoms. The van der Waals surface area contributed by atoms with Gasteiger partial charge in [0.1, 0.15) is 59.5 Å². The van der Waals surface area contributed by atoms with E-state index in [4.69, 9.17) is 29.4 Å². The molecule has 2 aromatic carbocycles. The zero-order valence-electron chi connectivity index (χ0n) is 36.3. The van der Waals surface area contributed by atoms with Crippen LogP contribution in [-0.4, -0.2) is 61.1 Å². The summed E-state index contributed by atoms with van der Waals surface area (Å²) in [7, 11) is 1.69. The zero-order chi connectivity index (χ0) is 43.2. The van der Waals surface area contributed by atoms with Gasteiger partial charge in [-0.3, -0.25) is 20.1 Å². The van der Waals surface area contributed by atoms with Crippen LogP contribution in [-0.2, 0) is 10.2 Å². The first-order valence-electron chi connectivity index (χ1n) is 23.1. The Hall–Kier alpha value is -6.33. The standard InChI is InChI=1S/C32H32N8.C21H24O3/c1-2-10-18-17(9-1)25-33-26(18)38-28-21-13-5-6-14-22(21)30(35-28)40-32-24-16-8-7-15-23(24)31(36-32)39-29-20-12-4-3-11-19(20)27(34-29)37-25;1-16(22)24-20-12-8-18(9-13-20)21(14-4-3-5-15-21)17-6-10-19(23-2)11-7-17/h1-26,29-30,33H,(H,34,37)(H,35,38)(H,36,39,40);6-13H,3-5,14-15H2,1-2H3. The summed E-state index contributed by atoms with van der Waals surface area (Å²) in [6.45, 7) is 1.42. The molecule has 4 saturated heterocycles. The highest BCUT2D eigenvalue weighted by Crippen LogP contribution is 2.46. The molecule has 5 aliphatic heterocycles. The Kier molecular flexibility index (Phi) is 10.7. The molecule has 0 radical (unpaired) electrons. The van der Waals surface area contributed by atoms with Gasteiger partial charge in [-0.05, 0) is 48.2 Å². The van der Waals surface area contributed by atoms with Crippen molar-refractivity contribution < 1.29 is 14.3 Å². The molecule has 64 heavy (non-hydrogen) atoms. The van der Waals surface area contributed by atoms with Crippen molar-refractivity contribution in [3.05, 3.63) is 157 Å². The fraction of sp³-hybridized carbons (Fsp3) is 0.377. The number of aliphatic imine (C=N–C) groups is 4. The van der Waals surface area contributed by atoms with E-state index in [0.29, 0.717) is 5.75 Å². The quantitative estimate of drug-likeness (QED) is 0.184. The molecule has 12 atom stereocenters. The SMILES string of the molecule is C1=CC2C3=NC4NC(=NC5NC(N=C6NC(N=C(N3)C2C=C1)C1C=CC=CC61)C1C=CC=CC51)C1C=CC=CC41.COc1ccc(C2(c3ccc(OC(C)=O)cc3)CCCCC2)cc1. The van der Waals surface area contributed by atoms with Crippen molar-refractivity contribution in [3.8, 4) is 11.5 Å². The van der Waals surface area contributed by atoms with Gasteiger partial charge in [-0.15, -0.1) is 0 Å². The molecule has 11 heteroatoms. The van der Waals surface area contributed by atoms with Crippen molar-refractivity contribution in [2.24, 2.45) is 67.3 Å². The maximum Gasteiger partial charge on any atom is 0.308 e. The van der Waals surface area contributed by atoms with Gasteiger partial charge < -0.3 is 25.4 Å². The molecule has 1 saturated carbocycles. The van der Waals surface area contributed by atoms with E-state index in [9.17, 15) is 4.79 Å². The monoisotopic (exact) mass is 852 g/mol. The van der Waals surface area contributed by atoms with Crippen LogP contribution < -0.4 is 30.7 Å². The molecule has 10 aliphatic rings.